The van der Waals surface area contributed by atoms with Gasteiger partial charge in [-0.15, -0.1) is 0 Å². The van der Waals surface area contributed by atoms with Gasteiger partial charge in [0.1, 0.15) is 0 Å². The molecule has 1 atom stereocenters. The normalized spacial score (nSPS) is 12.4. The second-order valence-corrected chi connectivity index (χ2v) is 5.39. The molecule has 106 valence electrons. The highest BCUT2D eigenvalue weighted by molar-refractivity contribution is 6.35. The molecule has 1 rings (SSSR count). The quantitative estimate of drug-likeness (QED) is 0.704. The molecule has 19 heavy (non-hydrogen) atoms. The van der Waals surface area contributed by atoms with E-state index in [4.69, 9.17) is 28.3 Å². The fraction of sp³-hybridized carbons (Fsp3) is 0.500. The van der Waals surface area contributed by atoms with Crippen LogP contribution in [0.4, 0.5) is 0 Å². The summed E-state index contributed by atoms with van der Waals surface area (Å²) in [4.78, 5) is 10.3. The Hall–Kier alpha value is -0.770. The minimum absolute atomic E-state index is 0.157. The van der Waals surface area contributed by atoms with Crippen molar-refractivity contribution in [2.75, 3.05) is 6.54 Å². The van der Waals surface area contributed by atoms with Gasteiger partial charge in [0.05, 0.1) is 0 Å². The van der Waals surface area contributed by atoms with E-state index in [1.54, 1.807) is 6.07 Å². The first-order valence-corrected chi connectivity index (χ1v) is 7.16. The first-order valence-electron chi connectivity index (χ1n) is 6.41. The third kappa shape index (κ3) is 6.28. The minimum atomic E-state index is -0.728. The van der Waals surface area contributed by atoms with Crippen LogP contribution in [0.25, 0.3) is 0 Å². The van der Waals surface area contributed by atoms with E-state index in [2.05, 4.69) is 5.32 Å². The topological polar surface area (TPSA) is 49.3 Å². The van der Waals surface area contributed by atoms with Gasteiger partial charge in [-0.2, -0.15) is 0 Å². The van der Waals surface area contributed by atoms with Crippen LogP contribution in [0.5, 0.6) is 0 Å². The van der Waals surface area contributed by atoms with Gasteiger partial charge in [-0.3, -0.25) is 4.79 Å². The van der Waals surface area contributed by atoms with Gasteiger partial charge in [0.2, 0.25) is 0 Å². The Kier molecular flexibility index (Phi) is 7.21. The predicted molar refractivity (Wildman–Crippen MR) is 79.0 cm³/mol. The molecule has 1 aromatic rings. The van der Waals surface area contributed by atoms with Crippen molar-refractivity contribution in [1.82, 2.24) is 5.32 Å². The second-order valence-electron chi connectivity index (χ2n) is 4.55. The Morgan fingerprint density at radius 1 is 1.32 bits per heavy atom. The number of nitrogens with one attached hydrogen (secondary N) is 1. The predicted octanol–water partition coefficient (Wildman–Crippen LogP) is 4.29. The molecule has 0 spiro atoms. The Bertz CT molecular complexity index is 424. The summed E-state index contributed by atoms with van der Waals surface area (Å²) in [6.07, 6.45) is 2.86. The number of hydrogen-bond donors (Lipinski definition) is 2. The molecule has 3 nitrogen and oxygen atoms in total. The number of halogens is 2. The molecule has 1 aromatic carbocycles. The van der Waals surface area contributed by atoms with Gasteiger partial charge < -0.3 is 10.4 Å². The number of carboxylic acid groups (broad SMARTS) is 1. The number of hydrogen-bond acceptors (Lipinski definition) is 2. The molecule has 0 heterocycles. The van der Waals surface area contributed by atoms with Crippen molar-refractivity contribution in [2.24, 2.45) is 0 Å². The number of carbonyl (C=O) groups is 1. The number of carboxylic acids is 1. The summed E-state index contributed by atoms with van der Waals surface area (Å²) in [5.74, 6) is -0.728. The summed E-state index contributed by atoms with van der Waals surface area (Å²) >= 11 is 12.0. The summed E-state index contributed by atoms with van der Waals surface area (Å²) in [5.41, 5.74) is 1.02. The maximum Gasteiger partial charge on any atom is 0.303 e. The SMILES string of the molecule is CC(NCCCCCC(=O)O)c1ccc(Cl)cc1Cl. The van der Waals surface area contributed by atoms with E-state index in [0.29, 0.717) is 10.0 Å². The van der Waals surface area contributed by atoms with Crippen LogP contribution in [0, 0.1) is 0 Å². The van der Waals surface area contributed by atoms with Crippen molar-refractivity contribution in [2.45, 2.75) is 38.6 Å². The lowest BCUT2D eigenvalue weighted by Crippen LogP contribution is -2.20. The average molecular weight is 304 g/mol. The molecule has 0 aliphatic rings. The summed E-state index contributed by atoms with van der Waals surface area (Å²) in [6, 6.07) is 5.65. The molecule has 2 N–H and O–H groups in total. The summed E-state index contributed by atoms with van der Waals surface area (Å²) < 4.78 is 0. The van der Waals surface area contributed by atoms with Gasteiger partial charge in [-0.25, -0.2) is 0 Å². The van der Waals surface area contributed by atoms with E-state index in [9.17, 15) is 4.79 Å². The van der Waals surface area contributed by atoms with Gasteiger partial charge in [0.15, 0.2) is 0 Å². The summed E-state index contributed by atoms with van der Waals surface area (Å²) in [7, 11) is 0. The highest BCUT2D eigenvalue weighted by atomic mass is 35.5. The maximum atomic E-state index is 10.3. The molecule has 0 aromatic heterocycles. The molecule has 0 amide bonds. The van der Waals surface area contributed by atoms with Crippen LogP contribution in [0.1, 0.15) is 44.2 Å². The monoisotopic (exact) mass is 303 g/mol. The van der Waals surface area contributed by atoms with E-state index < -0.39 is 5.97 Å². The van der Waals surface area contributed by atoms with Crippen molar-refractivity contribution in [3.63, 3.8) is 0 Å². The average Bonchev–Trinajstić information content (AvgIpc) is 2.32. The fourth-order valence-electron chi connectivity index (χ4n) is 1.86. The van der Waals surface area contributed by atoms with E-state index in [1.807, 2.05) is 19.1 Å². The largest absolute Gasteiger partial charge is 0.481 e. The van der Waals surface area contributed by atoms with E-state index >= 15 is 0 Å². The number of rotatable bonds is 8. The number of aliphatic carboxylic acids is 1. The lowest BCUT2D eigenvalue weighted by Gasteiger charge is -2.15. The zero-order valence-electron chi connectivity index (χ0n) is 11.0. The minimum Gasteiger partial charge on any atom is -0.481 e. The smallest absolute Gasteiger partial charge is 0.303 e. The molecule has 5 heteroatoms. The van der Waals surface area contributed by atoms with Gasteiger partial charge in [-0.05, 0) is 44.0 Å². The van der Waals surface area contributed by atoms with Crippen LogP contribution >= 0.6 is 23.2 Å². The molecule has 0 bridgehead atoms. The van der Waals surface area contributed by atoms with Crippen LogP contribution in [-0.4, -0.2) is 17.6 Å². The zero-order chi connectivity index (χ0) is 14.3. The molecular formula is C14H19Cl2NO2. The van der Waals surface area contributed by atoms with Crippen molar-refractivity contribution < 1.29 is 9.90 Å². The molecular weight excluding hydrogens is 285 g/mol. The van der Waals surface area contributed by atoms with Crippen LogP contribution in [0.3, 0.4) is 0 Å². The van der Waals surface area contributed by atoms with Crippen LogP contribution < -0.4 is 5.32 Å². The molecule has 0 fully saturated rings. The van der Waals surface area contributed by atoms with E-state index in [-0.39, 0.29) is 12.5 Å². The van der Waals surface area contributed by atoms with Crippen molar-refractivity contribution in [3.05, 3.63) is 33.8 Å². The molecule has 0 saturated carbocycles. The summed E-state index contributed by atoms with van der Waals surface area (Å²) in [6.45, 7) is 2.89. The maximum absolute atomic E-state index is 10.3. The number of benzene rings is 1. The van der Waals surface area contributed by atoms with Crippen LogP contribution in [0.2, 0.25) is 10.0 Å². The van der Waals surface area contributed by atoms with Crippen LogP contribution in [-0.2, 0) is 4.79 Å². The van der Waals surface area contributed by atoms with Crippen molar-refractivity contribution >= 4 is 29.2 Å². The van der Waals surface area contributed by atoms with Gasteiger partial charge in [-0.1, -0.05) is 35.7 Å². The highest BCUT2D eigenvalue weighted by Crippen LogP contribution is 2.25. The van der Waals surface area contributed by atoms with E-state index in [1.165, 1.54) is 0 Å². The van der Waals surface area contributed by atoms with Gasteiger partial charge >= 0.3 is 5.97 Å². The third-order valence-electron chi connectivity index (χ3n) is 2.95. The molecule has 1 unspecified atom stereocenters. The second kappa shape index (κ2) is 8.41. The zero-order valence-corrected chi connectivity index (χ0v) is 12.5. The number of unbranched alkanes of at least 4 members (excludes halogenated alkanes) is 2. The van der Waals surface area contributed by atoms with E-state index in [0.717, 1.165) is 31.4 Å². The van der Waals surface area contributed by atoms with Crippen LogP contribution in [0.15, 0.2) is 18.2 Å². The van der Waals surface area contributed by atoms with Crippen molar-refractivity contribution in [1.29, 1.82) is 0 Å². The molecule has 0 saturated heterocycles. The molecule has 0 radical (unpaired) electrons. The Morgan fingerprint density at radius 3 is 2.68 bits per heavy atom. The fourth-order valence-corrected chi connectivity index (χ4v) is 2.43. The summed E-state index contributed by atoms with van der Waals surface area (Å²) in [5, 5.41) is 13.2. The standard InChI is InChI=1S/C14H19Cl2NO2/c1-10(12-7-6-11(15)9-13(12)16)17-8-4-2-3-5-14(18)19/h6-7,9-10,17H,2-5,8H2,1H3,(H,18,19). The van der Waals surface area contributed by atoms with Gasteiger partial charge in [0, 0.05) is 22.5 Å². The lowest BCUT2D eigenvalue weighted by molar-refractivity contribution is -0.137. The Balaban J connectivity index is 2.27. The first kappa shape index (κ1) is 16.3. The Morgan fingerprint density at radius 2 is 2.05 bits per heavy atom. The molecule has 0 aliphatic heterocycles. The first-order chi connectivity index (χ1) is 9.00. The Labute approximate surface area is 123 Å². The van der Waals surface area contributed by atoms with Crippen molar-refractivity contribution in [3.8, 4) is 0 Å². The third-order valence-corrected chi connectivity index (χ3v) is 3.51. The highest BCUT2D eigenvalue weighted by Gasteiger charge is 2.09. The molecule has 0 aliphatic carbocycles. The van der Waals surface area contributed by atoms with Gasteiger partial charge in [0.25, 0.3) is 0 Å². The lowest BCUT2D eigenvalue weighted by atomic mass is 10.1.